The smallest absolute Gasteiger partial charge is 0.392 e. The minimum absolute atomic E-state index is 0.165. The van der Waals surface area contributed by atoms with Gasteiger partial charge in [-0.1, -0.05) is 12.1 Å². The summed E-state index contributed by atoms with van der Waals surface area (Å²) in [5, 5.41) is 8.92. The third-order valence-electron chi connectivity index (χ3n) is 3.68. The number of oxazole rings is 1. The van der Waals surface area contributed by atoms with Gasteiger partial charge in [0.2, 0.25) is 5.91 Å². The van der Waals surface area contributed by atoms with Crippen LogP contribution in [0.4, 0.5) is 10.2 Å². The molecular formula is C15H13FN2O4. The van der Waals surface area contributed by atoms with E-state index in [9.17, 15) is 14.0 Å². The van der Waals surface area contributed by atoms with E-state index < -0.39 is 17.8 Å². The fraction of sp³-hybridized carbons (Fsp3) is 0.267. The molecule has 1 aromatic heterocycles. The molecule has 0 saturated heterocycles. The summed E-state index contributed by atoms with van der Waals surface area (Å²) in [6, 6.07) is 5.94. The summed E-state index contributed by atoms with van der Waals surface area (Å²) in [5.41, 5.74) is 0.828. The third kappa shape index (κ3) is 2.45. The fourth-order valence-electron chi connectivity index (χ4n) is 2.58. The number of hydrogen-bond donors (Lipinski definition) is 1. The number of carbonyl (C=O) groups excluding carboxylic acids is 1. The van der Waals surface area contributed by atoms with Crippen molar-refractivity contribution in [3.05, 3.63) is 47.3 Å². The molecule has 1 atom stereocenters. The number of carbonyl (C=O) groups is 2. The van der Waals surface area contributed by atoms with Gasteiger partial charge in [0.25, 0.3) is 0 Å². The van der Waals surface area contributed by atoms with Crippen LogP contribution in [0, 0.1) is 11.7 Å². The number of anilines is 1. The van der Waals surface area contributed by atoms with Crippen molar-refractivity contribution in [3.8, 4) is 0 Å². The molecule has 1 N–H and O–H groups in total. The Kier molecular flexibility index (Phi) is 3.40. The van der Waals surface area contributed by atoms with Crippen molar-refractivity contribution in [2.45, 2.75) is 12.8 Å². The Bertz CT molecular complexity index is 739. The Labute approximate surface area is 125 Å². The normalized spacial score (nSPS) is 17.5. The number of aromatic carboxylic acids is 1. The summed E-state index contributed by atoms with van der Waals surface area (Å²) >= 11 is 0. The van der Waals surface area contributed by atoms with E-state index in [0.717, 1.165) is 5.56 Å². The number of fused-ring (bicyclic) bond motifs is 1. The summed E-state index contributed by atoms with van der Waals surface area (Å²) < 4.78 is 18.1. The Morgan fingerprint density at radius 1 is 1.45 bits per heavy atom. The van der Waals surface area contributed by atoms with Crippen LogP contribution in [-0.2, 0) is 17.6 Å². The maximum absolute atomic E-state index is 12.9. The number of nitrogens with zero attached hydrogens (tertiary/aromatic N) is 2. The second-order valence-electron chi connectivity index (χ2n) is 5.20. The largest absolute Gasteiger partial charge is 0.474 e. The van der Waals surface area contributed by atoms with Crippen LogP contribution in [0.2, 0.25) is 0 Å². The zero-order valence-electron chi connectivity index (χ0n) is 11.7. The van der Waals surface area contributed by atoms with Gasteiger partial charge in [0.05, 0.1) is 0 Å². The highest BCUT2D eigenvalue weighted by Crippen LogP contribution is 2.31. The van der Waals surface area contributed by atoms with Crippen LogP contribution in [0.5, 0.6) is 0 Å². The van der Waals surface area contributed by atoms with E-state index in [-0.39, 0.29) is 24.0 Å². The maximum Gasteiger partial charge on any atom is 0.392 e. The number of carboxylic acids is 1. The van der Waals surface area contributed by atoms with Crippen LogP contribution >= 0.6 is 0 Å². The van der Waals surface area contributed by atoms with E-state index in [4.69, 9.17) is 9.52 Å². The SMILES string of the molecule is CN1C(=O)C(Cc2ccc(F)cc2)Cc2oc(C(=O)O)nc21. The highest BCUT2D eigenvalue weighted by Gasteiger charge is 2.35. The fourth-order valence-corrected chi connectivity index (χ4v) is 2.58. The van der Waals surface area contributed by atoms with Gasteiger partial charge in [0.1, 0.15) is 5.82 Å². The third-order valence-corrected chi connectivity index (χ3v) is 3.68. The lowest BCUT2D eigenvalue weighted by atomic mass is 9.91. The van der Waals surface area contributed by atoms with E-state index in [1.165, 1.54) is 24.1 Å². The number of hydrogen-bond acceptors (Lipinski definition) is 4. The summed E-state index contributed by atoms with van der Waals surface area (Å²) in [7, 11) is 1.53. The Balaban J connectivity index is 1.86. The molecule has 2 heterocycles. The van der Waals surface area contributed by atoms with Crippen molar-refractivity contribution < 1.29 is 23.5 Å². The molecule has 0 radical (unpaired) electrons. The lowest BCUT2D eigenvalue weighted by Gasteiger charge is -2.27. The molecule has 1 unspecified atom stereocenters. The van der Waals surface area contributed by atoms with Gasteiger partial charge in [-0.05, 0) is 24.1 Å². The molecule has 3 rings (SSSR count). The quantitative estimate of drug-likeness (QED) is 0.936. The predicted octanol–water partition coefficient (Wildman–Crippen LogP) is 1.89. The van der Waals surface area contributed by atoms with Crippen LogP contribution in [0.25, 0.3) is 0 Å². The van der Waals surface area contributed by atoms with Gasteiger partial charge in [0.15, 0.2) is 11.6 Å². The number of benzene rings is 1. The number of amides is 1. The molecule has 0 aliphatic carbocycles. The summed E-state index contributed by atoms with van der Waals surface area (Å²) in [6.07, 6.45) is 0.697. The van der Waals surface area contributed by atoms with Crippen molar-refractivity contribution in [2.75, 3.05) is 11.9 Å². The molecule has 2 aromatic rings. The molecule has 0 saturated carbocycles. The highest BCUT2D eigenvalue weighted by atomic mass is 19.1. The van der Waals surface area contributed by atoms with E-state index in [1.54, 1.807) is 12.1 Å². The van der Waals surface area contributed by atoms with Crippen molar-refractivity contribution in [1.29, 1.82) is 0 Å². The van der Waals surface area contributed by atoms with Crippen LogP contribution in [0.1, 0.15) is 22.0 Å². The minimum atomic E-state index is -1.27. The van der Waals surface area contributed by atoms with Crippen molar-refractivity contribution in [1.82, 2.24) is 4.98 Å². The summed E-state index contributed by atoms with van der Waals surface area (Å²) in [6.45, 7) is 0. The Morgan fingerprint density at radius 3 is 2.77 bits per heavy atom. The maximum atomic E-state index is 12.9. The van der Waals surface area contributed by atoms with Gasteiger partial charge in [-0.2, -0.15) is 4.98 Å². The molecular weight excluding hydrogens is 291 g/mol. The molecule has 114 valence electrons. The molecule has 1 aliphatic rings. The Morgan fingerprint density at radius 2 is 2.14 bits per heavy atom. The Hall–Kier alpha value is -2.70. The second-order valence-corrected chi connectivity index (χ2v) is 5.20. The predicted molar refractivity (Wildman–Crippen MR) is 74.2 cm³/mol. The van der Waals surface area contributed by atoms with Gasteiger partial charge in [-0.25, -0.2) is 9.18 Å². The lowest BCUT2D eigenvalue weighted by Crippen LogP contribution is -2.39. The standard InChI is InChI=1S/C15H13FN2O4/c1-18-12-11(22-13(17-12)15(20)21)7-9(14(18)19)6-8-2-4-10(16)5-3-8/h2-5,9H,6-7H2,1H3,(H,20,21). The van der Waals surface area contributed by atoms with Crippen molar-refractivity contribution in [2.24, 2.45) is 5.92 Å². The average Bonchev–Trinajstić information content (AvgIpc) is 2.91. The van der Waals surface area contributed by atoms with Gasteiger partial charge in [-0.15, -0.1) is 0 Å². The van der Waals surface area contributed by atoms with E-state index in [0.29, 0.717) is 12.2 Å². The molecule has 0 spiro atoms. The number of rotatable bonds is 3. The van der Waals surface area contributed by atoms with Crippen LogP contribution in [-0.4, -0.2) is 29.0 Å². The lowest BCUT2D eigenvalue weighted by molar-refractivity contribution is -0.122. The van der Waals surface area contributed by atoms with Crippen molar-refractivity contribution >= 4 is 17.7 Å². The average molecular weight is 304 g/mol. The number of aromatic nitrogens is 1. The molecule has 1 amide bonds. The van der Waals surface area contributed by atoms with Gasteiger partial charge >= 0.3 is 11.9 Å². The van der Waals surface area contributed by atoms with Crippen LogP contribution < -0.4 is 4.90 Å². The molecule has 1 aromatic carbocycles. The number of carboxylic acid groups (broad SMARTS) is 1. The topological polar surface area (TPSA) is 83.6 Å². The van der Waals surface area contributed by atoms with Crippen LogP contribution in [0.15, 0.2) is 28.7 Å². The summed E-state index contributed by atoms with van der Waals surface area (Å²) in [5.74, 6) is -1.96. The van der Waals surface area contributed by atoms with Gasteiger partial charge in [-0.3, -0.25) is 9.69 Å². The van der Waals surface area contributed by atoms with Crippen molar-refractivity contribution in [3.63, 3.8) is 0 Å². The van der Waals surface area contributed by atoms with E-state index in [2.05, 4.69) is 4.98 Å². The van der Waals surface area contributed by atoms with E-state index in [1.807, 2.05) is 0 Å². The van der Waals surface area contributed by atoms with E-state index >= 15 is 0 Å². The zero-order valence-corrected chi connectivity index (χ0v) is 11.7. The van der Waals surface area contributed by atoms with Crippen LogP contribution in [0.3, 0.4) is 0 Å². The number of halogens is 1. The van der Waals surface area contributed by atoms with Gasteiger partial charge in [0, 0.05) is 19.4 Å². The first kappa shape index (κ1) is 14.2. The summed E-state index contributed by atoms with van der Waals surface area (Å²) in [4.78, 5) is 28.4. The van der Waals surface area contributed by atoms with Gasteiger partial charge < -0.3 is 9.52 Å². The molecule has 7 heteroatoms. The zero-order chi connectivity index (χ0) is 15.9. The molecule has 0 bridgehead atoms. The first-order chi connectivity index (χ1) is 10.5. The molecule has 1 aliphatic heterocycles. The first-order valence-electron chi connectivity index (χ1n) is 6.70. The minimum Gasteiger partial charge on any atom is -0.474 e. The monoisotopic (exact) mass is 304 g/mol. The first-order valence-corrected chi connectivity index (χ1v) is 6.70. The highest BCUT2D eigenvalue weighted by molar-refractivity contribution is 5.97. The molecule has 0 fully saturated rings. The molecule has 22 heavy (non-hydrogen) atoms. The second kappa shape index (κ2) is 5.25. The molecule has 6 nitrogen and oxygen atoms in total.